The Bertz CT molecular complexity index is 731. The first-order valence-electron chi connectivity index (χ1n) is 6.64. The summed E-state index contributed by atoms with van der Waals surface area (Å²) in [6, 6.07) is 7.49. The minimum absolute atomic E-state index is 0.105. The summed E-state index contributed by atoms with van der Waals surface area (Å²) in [7, 11) is 0. The predicted molar refractivity (Wildman–Crippen MR) is 88.9 cm³/mol. The zero-order valence-electron chi connectivity index (χ0n) is 12.1. The van der Waals surface area contributed by atoms with Crippen molar-refractivity contribution < 1.29 is 18.7 Å². The molecule has 2 rings (SSSR count). The number of thiophene rings is 1. The Morgan fingerprint density at radius 1 is 1.39 bits per heavy atom. The fraction of sp³-hybridized carbons (Fsp3) is 0.125. The summed E-state index contributed by atoms with van der Waals surface area (Å²) in [5.74, 6) is -1.74. The van der Waals surface area contributed by atoms with E-state index in [2.05, 4.69) is 5.32 Å². The average Bonchev–Trinajstić information content (AvgIpc) is 3.02. The minimum Gasteiger partial charge on any atom is -0.449 e. The number of esters is 1. The van der Waals surface area contributed by atoms with Crippen molar-refractivity contribution in [3.05, 3.63) is 57.5 Å². The molecule has 1 aromatic carbocycles. The number of amides is 1. The second-order valence-corrected chi connectivity index (χ2v) is 5.93. The van der Waals surface area contributed by atoms with E-state index in [1.165, 1.54) is 36.5 Å². The third-order valence-electron chi connectivity index (χ3n) is 2.78. The van der Waals surface area contributed by atoms with Crippen LogP contribution in [0.2, 0.25) is 5.02 Å². The van der Waals surface area contributed by atoms with Gasteiger partial charge in [-0.3, -0.25) is 4.79 Å². The molecule has 1 heterocycles. The summed E-state index contributed by atoms with van der Waals surface area (Å²) in [4.78, 5) is 24.5. The van der Waals surface area contributed by atoms with Crippen LogP contribution in [0.3, 0.4) is 0 Å². The Labute approximate surface area is 141 Å². The van der Waals surface area contributed by atoms with Gasteiger partial charge in [0.05, 0.1) is 5.02 Å². The number of hydrogen-bond acceptors (Lipinski definition) is 4. The highest BCUT2D eigenvalue weighted by atomic mass is 35.5. The van der Waals surface area contributed by atoms with Crippen molar-refractivity contribution in [3.8, 4) is 0 Å². The number of halogens is 2. The van der Waals surface area contributed by atoms with Crippen LogP contribution in [0, 0.1) is 5.82 Å². The number of anilines is 1. The minimum atomic E-state index is -1.00. The predicted octanol–water partition coefficient (Wildman–Crippen LogP) is 4.12. The summed E-state index contributed by atoms with van der Waals surface area (Å²) >= 11 is 7.11. The lowest BCUT2D eigenvalue weighted by atomic mass is 10.3. The highest BCUT2D eigenvalue weighted by Crippen LogP contribution is 2.19. The number of rotatable bonds is 5. The fourth-order valence-corrected chi connectivity index (χ4v) is 2.42. The number of hydrogen-bond donors (Lipinski definition) is 1. The largest absolute Gasteiger partial charge is 0.449 e. The van der Waals surface area contributed by atoms with E-state index in [1.54, 1.807) is 6.08 Å². The molecule has 7 heteroatoms. The third-order valence-corrected chi connectivity index (χ3v) is 3.90. The number of nitrogens with one attached hydrogen (secondary N) is 1. The molecule has 1 aromatic heterocycles. The lowest BCUT2D eigenvalue weighted by Crippen LogP contribution is -2.29. The molecule has 120 valence electrons. The SMILES string of the molecule is C[C@@H](OC(=O)/C=C/c1cccs1)C(=O)Nc1ccc(F)c(Cl)c1. The van der Waals surface area contributed by atoms with E-state index < -0.39 is 23.8 Å². The van der Waals surface area contributed by atoms with Gasteiger partial charge in [0.2, 0.25) is 0 Å². The summed E-state index contributed by atoms with van der Waals surface area (Å²) in [6.45, 7) is 1.44. The Morgan fingerprint density at radius 2 is 2.17 bits per heavy atom. The maximum Gasteiger partial charge on any atom is 0.331 e. The Kier molecular flexibility index (Phi) is 5.90. The van der Waals surface area contributed by atoms with Gasteiger partial charge in [-0.2, -0.15) is 0 Å². The third kappa shape index (κ3) is 5.19. The van der Waals surface area contributed by atoms with Crippen LogP contribution in [-0.4, -0.2) is 18.0 Å². The molecule has 0 saturated carbocycles. The molecule has 2 aromatic rings. The Hall–Kier alpha value is -2.18. The van der Waals surface area contributed by atoms with Gasteiger partial charge < -0.3 is 10.1 Å². The molecular formula is C16H13ClFNO3S. The molecule has 0 bridgehead atoms. The Balaban J connectivity index is 1.89. The molecule has 1 amide bonds. The lowest BCUT2D eigenvalue weighted by Gasteiger charge is -2.12. The van der Waals surface area contributed by atoms with E-state index >= 15 is 0 Å². The van der Waals surface area contributed by atoms with Crippen molar-refractivity contribution >= 4 is 46.6 Å². The van der Waals surface area contributed by atoms with E-state index in [0.717, 1.165) is 10.9 Å². The van der Waals surface area contributed by atoms with Crippen LogP contribution < -0.4 is 5.32 Å². The van der Waals surface area contributed by atoms with Crippen LogP contribution in [0.1, 0.15) is 11.8 Å². The number of carbonyl (C=O) groups excluding carboxylic acids is 2. The monoisotopic (exact) mass is 353 g/mol. The van der Waals surface area contributed by atoms with Gasteiger partial charge in [0.25, 0.3) is 5.91 Å². The molecule has 4 nitrogen and oxygen atoms in total. The first kappa shape index (κ1) is 17.2. The van der Waals surface area contributed by atoms with Gasteiger partial charge in [-0.15, -0.1) is 11.3 Å². The smallest absolute Gasteiger partial charge is 0.331 e. The molecule has 0 fully saturated rings. The first-order valence-corrected chi connectivity index (χ1v) is 7.89. The maximum atomic E-state index is 13.0. The quantitative estimate of drug-likeness (QED) is 0.649. The molecule has 0 aliphatic heterocycles. The van der Waals surface area contributed by atoms with Crippen molar-refractivity contribution in [2.75, 3.05) is 5.32 Å². The van der Waals surface area contributed by atoms with Crippen molar-refractivity contribution in [2.24, 2.45) is 0 Å². The summed E-state index contributed by atoms with van der Waals surface area (Å²) in [6.07, 6.45) is 1.86. The summed E-state index contributed by atoms with van der Waals surface area (Å²) in [5, 5.41) is 4.27. The van der Waals surface area contributed by atoms with Gasteiger partial charge >= 0.3 is 5.97 Å². The van der Waals surface area contributed by atoms with Crippen LogP contribution in [0.15, 0.2) is 41.8 Å². The van der Waals surface area contributed by atoms with Crippen LogP contribution >= 0.6 is 22.9 Å². The van der Waals surface area contributed by atoms with E-state index in [9.17, 15) is 14.0 Å². The standard InChI is InChI=1S/C16H13ClFNO3S/c1-10(22-15(20)7-5-12-3-2-8-23-12)16(21)19-11-4-6-14(18)13(17)9-11/h2-10H,1H3,(H,19,21)/b7-5+/t10-/m1/s1. The topological polar surface area (TPSA) is 55.4 Å². The molecule has 0 unspecified atom stereocenters. The van der Waals surface area contributed by atoms with E-state index in [4.69, 9.17) is 16.3 Å². The number of carbonyl (C=O) groups is 2. The maximum absolute atomic E-state index is 13.0. The van der Waals surface area contributed by atoms with Crippen molar-refractivity contribution in [2.45, 2.75) is 13.0 Å². The van der Waals surface area contributed by atoms with E-state index in [1.807, 2.05) is 17.5 Å². The second kappa shape index (κ2) is 7.89. The van der Waals surface area contributed by atoms with Crippen LogP contribution in [0.25, 0.3) is 6.08 Å². The van der Waals surface area contributed by atoms with Gasteiger partial charge in [-0.1, -0.05) is 17.7 Å². The van der Waals surface area contributed by atoms with Gasteiger partial charge in [0, 0.05) is 16.6 Å². The molecule has 0 aliphatic rings. The normalized spacial score (nSPS) is 12.1. The molecule has 0 radical (unpaired) electrons. The van der Waals surface area contributed by atoms with Crippen molar-refractivity contribution in [1.82, 2.24) is 0 Å². The van der Waals surface area contributed by atoms with Crippen LogP contribution in [0.4, 0.5) is 10.1 Å². The zero-order chi connectivity index (χ0) is 16.8. The van der Waals surface area contributed by atoms with Crippen LogP contribution in [-0.2, 0) is 14.3 Å². The summed E-state index contributed by atoms with van der Waals surface area (Å²) < 4.78 is 18.0. The summed E-state index contributed by atoms with van der Waals surface area (Å²) in [5.41, 5.74) is 0.318. The molecular weight excluding hydrogens is 341 g/mol. The highest BCUT2D eigenvalue weighted by molar-refractivity contribution is 7.10. The number of benzene rings is 1. The lowest BCUT2D eigenvalue weighted by molar-refractivity contribution is -0.148. The van der Waals surface area contributed by atoms with Gasteiger partial charge in [-0.25, -0.2) is 9.18 Å². The van der Waals surface area contributed by atoms with Gasteiger partial charge in [0.1, 0.15) is 5.82 Å². The average molecular weight is 354 g/mol. The molecule has 0 spiro atoms. The van der Waals surface area contributed by atoms with Gasteiger partial charge in [0.15, 0.2) is 6.10 Å². The zero-order valence-corrected chi connectivity index (χ0v) is 13.7. The second-order valence-electron chi connectivity index (χ2n) is 4.55. The molecule has 1 N–H and O–H groups in total. The Morgan fingerprint density at radius 3 is 2.83 bits per heavy atom. The molecule has 0 saturated heterocycles. The molecule has 0 aliphatic carbocycles. The number of ether oxygens (including phenoxy) is 1. The molecule has 1 atom stereocenters. The van der Waals surface area contributed by atoms with Crippen molar-refractivity contribution in [3.63, 3.8) is 0 Å². The van der Waals surface area contributed by atoms with Crippen molar-refractivity contribution in [1.29, 1.82) is 0 Å². The van der Waals surface area contributed by atoms with Crippen LogP contribution in [0.5, 0.6) is 0 Å². The van der Waals surface area contributed by atoms with E-state index in [0.29, 0.717) is 5.69 Å². The highest BCUT2D eigenvalue weighted by Gasteiger charge is 2.17. The fourth-order valence-electron chi connectivity index (χ4n) is 1.62. The molecule has 23 heavy (non-hydrogen) atoms. The van der Waals surface area contributed by atoms with E-state index in [-0.39, 0.29) is 5.02 Å². The first-order chi connectivity index (χ1) is 11.0. The van der Waals surface area contributed by atoms with Gasteiger partial charge in [-0.05, 0) is 42.6 Å².